The van der Waals surface area contributed by atoms with E-state index in [1.807, 2.05) is 13.8 Å². The van der Waals surface area contributed by atoms with Crippen LogP contribution in [-0.2, 0) is 16.0 Å². The molecule has 0 aromatic heterocycles. The molecule has 0 radical (unpaired) electrons. The van der Waals surface area contributed by atoms with Crippen LogP contribution in [0.25, 0.3) is 0 Å². The lowest BCUT2D eigenvalue weighted by Crippen LogP contribution is -2.52. The molecule has 3 atom stereocenters. The zero-order chi connectivity index (χ0) is 28.5. The van der Waals surface area contributed by atoms with Gasteiger partial charge in [-0.2, -0.15) is 0 Å². The first-order valence-electron chi connectivity index (χ1n) is 13.8. The molecule has 38 heavy (non-hydrogen) atoms. The lowest BCUT2D eigenvalue weighted by atomic mass is 9.63. The Hall–Kier alpha value is -2.58. The molecule has 0 saturated heterocycles. The van der Waals surface area contributed by atoms with E-state index in [0.29, 0.717) is 42.3 Å². The molecule has 0 aliphatic heterocycles. The molecule has 0 spiro atoms. The molecule has 0 heterocycles. The third-order valence-corrected chi connectivity index (χ3v) is 7.13. The summed E-state index contributed by atoms with van der Waals surface area (Å²) in [4.78, 5) is 28.6. The van der Waals surface area contributed by atoms with Crippen LogP contribution in [-0.4, -0.2) is 54.1 Å². The molecule has 8 heteroatoms. The Balaban J connectivity index is 2.50. The molecular formula is C30H45F2N3O3. The average Bonchev–Trinajstić information content (AvgIpc) is 2.83. The summed E-state index contributed by atoms with van der Waals surface area (Å²) in [5, 5.41) is 14.7. The third kappa shape index (κ3) is 8.46. The van der Waals surface area contributed by atoms with Crippen LogP contribution in [0.15, 0.2) is 41.5 Å². The van der Waals surface area contributed by atoms with Gasteiger partial charge >= 0.3 is 0 Å². The van der Waals surface area contributed by atoms with E-state index in [2.05, 4.69) is 19.2 Å². The molecule has 0 fully saturated rings. The number of hydrogen-bond donors (Lipinski definition) is 3. The van der Waals surface area contributed by atoms with Gasteiger partial charge in [0.05, 0.1) is 11.5 Å². The van der Waals surface area contributed by atoms with Gasteiger partial charge in [0.25, 0.3) is 0 Å². The van der Waals surface area contributed by atoms with Crippen LogP contribution >= 0.6 is 0 Å². The van der Waals surface area contributed by atoms with Gasteiger partial charge in [0, 0.05) is 37.2 Å². The van der Waals surface area contributed by atoms with Gasteiger partial charge in [-0.05, 0) is 69.2 Å². The van der Waals surface area contributed by atoms with Crippen molar-refractivity contribution in [2.24, 2.45) is 23.0 Å². The van der Waals surface area contributed by atoms with Crippen molar-refractivity contribution in [2.75, 3.05) is 26.2 Å². The Morgan fingerprint density at radius 2 is 1.74 bits per heavy atom. The van der Waals surface area contributed by atoms with Crippen molar-refractivity contribution in [2.45, 2.75) is 72.8 Å². The maximum absolute atomic E-state index is 14.1. The van der Waals surface area contributed by atoms with Crippen LogP contribution in [0, 0.1) is 28.9 Å². The van der Waals surface area contributed by atoms with Crippen molar-refractivity contribution in [3.05, 3.63) is 58.7 Å². The minimum Gasteiger partial charge on any atom is -0.391 e. The standard InChI is InChI=1S/C30H45F2N3O3/c1-6-10-35(11-7-2)28(37)23-12-21(5)17-30(18-23,29(33)38)26(27(36)19-34-9-8-20(3)4)15-22-13-24(31)16-25(32)14-22/h12-14,16-17,20,26-27,34,36H,6-11,15,18-19H2,1-5H3,(H2,33,38)/t26-,27+,30?/m1/s1. The topological polar surface area (TPSA) is 95.7 Å². The molecule has 0 saturated carbocycles. The van der Waals surface area contributed by atoms with Crippen LogP contribution < -0.4 is 11.1 Å². The molecule has 1 aromatic rings. The van der Waals surface area contributed by atoms with Crippen molar-refractivity contribution in [1.29, 1.82) is 0 Å². The van der Waals surface area contributed by atoms with E-state index < -0.39 is 35.0 Å². The number of allylic oxidation sites excluding steroid dienone is 2. The van der Waals surface area contributed by atoms with Crippen molar-refractivity contribution in [3.63, 3.8) is 0 Å². The molecular weight excluding hydrogens is 488 g/mol. The second-order valence-electron chi connectivity index (χ2n) is 11.0. The van der Waals surface area contributed by atoms with Gasteiger partial charge in [0.2, 0.25) is 11.8 Å². The summed E-state index contributed by atoms with van der Waals surface area (Å²) >= 11 is 0. The molecule has 1 aliphatic rings. The zero-order valence-electron chi connectivity index (χ0n) is 23.5. The fourth-order valence-electron chi connectivity index (χ4n) is 5.34. The van der Waals surface area contributed by atoms with Crippen molar-refractivity contribution >= 4 is 11.8 Å². The summed E-state index contributed by atoms with van der Waals surface area (Å²) in [6, 6.07) is 3.19. The van der Waals surface area contributed by atoms with Crippen LogP contribution in [0.4, 0.5) is 8.78 Å². The van der Waals surface area contributed by atoms with E-state index in [-0.39, 0.29) is 25.3 Å². The van der Waals surface area contributed by atoms with Gasteiger partial charge in [-0.3, -0.25) is 9.59 Å². The van der Waals surface area contributed by atoms with Crippen molar-refractivity contribution in [1.82, 2.24) is 10.2 Å². The number of nitrogens with zero attached hydrogens (tertiary/aromatic N) is 1. The molecule has 6 nitrogen and oxygen atoms in total. The molecule has 2 rings (SSSR count). The Bertz CT molecular complexity index is 998. The number of halogens is 2. The van der Waals surface area contributed by atoms with Gasteiger partial charge in [-0.25, -0.2) is 8.78 Å². The number of aliphatic hydroxyl groups is 1. The predicted octanol–water partition coefficient (Wildman–Crippen LogP) is 4.52. The monoisotopic (exact) mass is 533 g/mol. The molecule has 212 valence electrons. The van der Waals surface area contributed by atoms with Gasteiger partial charge < -0.3 is 21.1 Å². The van der Waals surface area contributed by atoms with Gasteiger partial charge in [0.15, 0.2) is 0 Å². The van der Waals surface area contributed by atoms with Gasteiger partial charge in [0.1, 0.15) is 11.6 Å². The van der Waals surface area contributed by atoms with Gasteiger partial charge in [-0.1, -0.05) is 45.4 Å². The number of nitrogens with two attached hydrogens (primary N) is 1. The number of primary amides is 1. The lowest BCUT2D eigenvalue weighted by molar-refractivity contribution is -0.132. The number of amides is 2. The predicted molar refractivity (Wildman–Crippen MR) is 147 cm³/mol. The van der Waals surface area contributed by atoms with Gasteiger partial charge in [-0.15, -0.1) is 0 Å². The normalized spacial score (nSPS) is 19.1. The zero-order valence-corrected chi connectivity index (χ0v) is 23.5. The Morgan fingerprint density at radius 1 is 1.13 bits per heavy atom. The minimum atomic E-state index is -1.42. The van der Waals surface area contributed by atoms with E-state index in [1.165, 1.54) is 12.1 Å². The minimum absolute atomic E-state index is 0.00350. The van der Waals surface area contributed by atoms with E-state index in [0.717, 1.165) is 25.3 Å². The first kappa shape index (κ1) is 31.6. The highest BCUT2D eigenvalue weighted by molar-refractivity contribution is 5.96. The Labute approximate surface area is 226 Å². The summed E-state index contributed by atoms with van der Waals surface area (Å²) in [5.74, 6) is -2.68. The second kappa shape index (κ2) is 14.5. The molecule has 4 N–H and O–H groups in total. The number of benzene rings is 1. The highest BCUT2D eigenvalue weighted by atomic mass is 19.1. The lowest BCUT2D eigenvalue weighted by Gasteiger charge is -2.42. The molecule has 1 aromatic carbocycles. The number of hydrogen-bond acceptors (Lipinski definition) is 4. The highest BCUT2D eigenvalue weighted by Gasteiger charge is 2.48. The molecule has 1 aliphatic carbocycles. The number of nitrogens with one attached hydrogen (secondary N) is 1. The average molecular weight is 534 g/mol. The number of rotatable bonds is 15. The maximum Gasteiger partial charge on any atom is 0.249 e. The van der Waals surface area contributed by atoms with E-state index in [9.17, 15) is 23.5 Å². The van der Waals surface area contributed by atoms with Crippen molar-refractivity contribution in [3.8, 4) is 0 Å². The van der Waals surface area contributed by atoms with Crippen LogP contribution in [0.3, 0.4) is 0 Å². The Kier molecular flexibility index (Phi) is 12.1. The SMILES string of the molecule is CCCN(CCC)C(=O)C1=CC(C)=CC(C(N)=O)([C@H](Cc2cc(F)cc(F)c2)[C@@H](O)CNCCC(C)C)C1. The van der Waals surface area contributed by atoms with Crippen LogP contribution in [0.1, 0.15) is 65.9 Å². The van der Waals surface area contributed by atoms with Crippen LogP contribution in [0.5, 0.6) is 0 Å². The van der Waals surface area contributed by atoms with E-state index in [4.69, 9.17) is 5.73 Å². The summed E-state index contributed by atoms with van der Waals surface area (Å²) in [5.41, 5.74) is 6.07. The molecule has 1 unspecified atom stereocenters. The van der Waals surface area contributed by atoms with Crippen LogP contribution in [0.2, 0.25) is 0 Å². The third-order valence-electron chi connectivity index (χ3n) is 7.13. The number of aliphatic hydroxyl groups excluding tert-OH is 1. The molecule has 0 bridgehead atoms. The quantitative estimate of drug-likeness (QED) is 0.289. The highest BCUT2D eigenvalue weighted by Crippen LogP contribution is 2.44. The fraction of sp³-hybridized carbons (Fsp3) is 0.600. The summed E-state index contributed by atoms with van der Waals surface area (Å²) in [6.45, 7) is 12.0. The van der Waals surface area contributed by atoms with Crippen molar-refractivity contribution < 1.29 is 23.5 Å². The number of carbonyl (C=O) groups excluding carboxylic acids is 2. The summed E-state index contributed by atoms with van der Waals surface area (Å²) < 4.78 is 28.2. The van der Waals surface area contributed by atoms with E-state index >= 15 is 0 Å². The Morgan fingerprint density at radius 3 is 2.26 bits per heavy atom. The second-order valence-corrected chi connectivity index (χ2v) is 11.0. The summed E-state index contributed by atoms with van der Waals surface area (Å²) in [6.07, 6.45) is 4.92. The van der Waals surface area contributed by atoms with E-state index in [1.54, 1.807) is 24.0 Å². The smallest absolute Gasteiger partial charge is 0.249 e. The first-order chi connectivity index (χ1) is 17.9. The first-order valence-corrected chi connectivity index (χ1v) is 13.8. The number of carbonyl (C=O) groups is 2. The molecule has 2 amide bonds. The summed E-state index contributed by atoms with van der Waals surface area (Å²) in [7, 11) is 0. The largest absolute Gasteiger partial charge is 0.391 e. The fourth-order valence-corrected chi connectivity index (χ4v) is 5.34. The maximum atomic E-state index is 14.1.